The molecule has 7 heteroatoms. The summed E-state index contributed by atoms with van der Waals surface area (Å²) in [5.41, 5.74) is 0. The molecule has 1 N–H and O–H groups in total. The second-order valence-electron chi connectivity index (χ2n) is 5.23. The first-order valence-electron chi connectivity index (χ1n) is 6.77. The first kappa shape index (κ1) is 14.7. The molecule has 0 saturated carbocycles. The summed E-state index contributed by atoms with van der Waals surface area (Å²) in [6, 6.07) is -0.338. The molecule has 1 unspecified atom stereocenters. The van der Waals surface area contributed by atoms with Gasteiger partial charge in [-0.15, -0.1) is 0 Å². The van der Waals surface area contributed by atoms with E-state index in [1.165, 1.54) is 0 Å². The highest BCUT2D eigenvalue weighted by molar-refractivity contribution is 7.91. The molecule has 6 nitrogen and oxygen atoms in total. The Morgan fingerprint density at radius 3 is 2.74 bits per heavy atom. The van der Waals surface area contributed by atoms with Gasteiger partial charge in [0.2, 0.25) is 5.91 Å². The van der Waals surface area contributed by atoms with E-state index in [9.17, 15) is 13.2 Å². The summed E-state index contributed by atoms with van der Waals surface area (Å²) in [7, 11) is -1.39. The molecule has 0 bridgehead atoms. The number of sulfone groups is 1. The van der Waals surface area contributed by atoms with E-state index in [0.29, 0.717) is 19.6 Å². The van der Waals surface area contributed by atoms with Crippen molar-refractivity contribution < 1.29 is 17.9 Å². The van der Waals surface area contributed by atoms with Crippen LogP contribution >= 0.6 is 0 Å². The fraction of sp³-hybridized carbons (Fsp3) is 0.917. The van der Waals surface area contributed by atoms with Gasteiger partial charge in [0, 0.05) is 19.7 Å². The first-order chi connectivity index (χ1) is 9.03. The van der Waals surface area contributed by atoms with Crippen LogP contribution in [0.3, 0.4) is 0 Å². The summed E-state index contributed by atoms with van der Waals surface area (Å²) >= 11 is 0. The van der Waals surface area contributed by atoms with Crippen LogP contribution < -0.4 is 5.32 Å². The molecule has 0 aromatic heterocycles. The molecule has 0 aromatic rings. The van der Waals surface area contributed by atoms with E-state index in [1.54, 1.807) is 12.0 Å². The molecular formula is C12H22N2O4S. The van der Waals surface area contributed by atoms with E-state index in [1.807, 2.05) is 0 Å². The van der Waals surface area contributed by atoms with Crippen LogP contribution in [0.1, 0.15) is 19.3 Å². The third kappa shape index (κ3) is 3.67. The van der Waals surface area contributed by atoms with Crippen LogP contribution in [0.15, 0.2) is 0 Å². The summed E-state index contributed by atoms with van der Waals surface area (Å²) in [5, 5.41) is 3.18. The van der Waals surface area contributed by atoms with Gasteiger partial charge in [-0.1, -0.05) is 0 Å². The maximum atomic E-state index is 12.5. The number of carbonyl (C=O) groups is 1. The predicted molar refractivity (Wildman–Crippen MR) is 71.7 cm³/mol. The Bertz CT molecular complexity index is 417. The lowest BCUT2D eigenvalue weighted by molar-refractivity contribution is -0.135. The first-order valence-corrected chi connectivity index (χ1v) is 8.59. The minimum absolute atomic E-state index is 0.0247. The number of methoxy groups -OCH3 is 1. The number of nitrogens with zero attached hydrogens (tertiary/aromatic N) is 1. The quantitative estimate of drug-likeness (QED) is 0.732. The Hall–Kier alpha value is -0.660. The summed E-state index contributed by atoms with van der Waals surface area (Å²) in [6.45, 7) is 1.76. The molecule has 0 aliphatic carbocycles. The zero-order valence-electron chi connectivity index (χ0n) is 11.3. The summed E-state index contributed by atoms with van der Waals surface area (Å²) in [4.78, 5) is 14.2. The molecule has 2 fully saturated rings. The van der Waals surface area contributed by atoms with Crippen molar-refractivity contribution >= 4 is 15.7 Å². The molecule has 2 heterocycles. The van der Waals surface area contributed by atoms with Gasteiger partial charge in [-0.05, 0) is 25.8 Å². The van der Waals surface area contributed by atoms with E-state index >= 15 is 0 Å². The molecule has 2 aliphatic heterocycles. The van der Waals surface area contributed by atoms with E-state index in [2.05, 4.69) is 5.32 Å². The highest BCUT2D eigenvalue weighted by Gasteiger charge is 2.37. The Morgan fingerprint density at radius 1 is 1.42 bits per heavy atom. The number of hydrogen-bond acceptors (Lipinski definition) is 5. The van der Waals surface area contributed by atoms with E-state index in [4.69, 9.17) is 4.74 Å². The molecule has 2 rings (SSSR count). The van der Waals surface area contributed by atoms with Gasteiger partial charge >= 0.3 is 0 Å². The molecule has 2 aliphatic rings. The van der Waals surface area contributed by atoms with Crippen LogP contribution in [-0.4, -0.2) is 69.6 Å². The van der Waals surface area contributed by atoms with Gasteiger partial charge in [-0.25, -0.2) is 8.42 Å². The fourth-order valence-electron chi connectivity index (χ4n) is 2.78. The average Bonchev–Trinajstić information content (AvgIpc) is 2.99. The van der Waals surface area contributed by atoms with Crippen LogP contribution in [0.25, 0.3) is 0 Å². The predicted octanol–water partition coefficient (Wildman–Crippen LogP) is -0.599. The molecule has 2 saturated heterocycles. The van der Waals surface area contributed by atoms with Crippen LogP contribution in [-0.2, 0) is 19.4 Å². The highest BCUT2D eigenvalue weighted by atomic mass is 32.2. The molecule has 0 aromatic carbocycles. The van der Waals surface area contributed by atoms with Crippen molar-refractivity contribution in [1.82, 2.24) is 10.2 Å². The summed E-state index contributed by atoms with van der Waals surface area (Å²) in [5.74, 6) is 0.304. The highest BCUT2D eigenvalue weighted by Crippen LogP contribution is 2.20. The third-order valence-electron chi connectivity index (χ3n) is 3.83. The van der Waals surface area contributed by atoms with E-state index in [-0.39, 0.29) is 29.5 Å². The molecule has 2 atom stereocenters. The Morgan fingerprint density at radius 2 is 2.21 bits per heavy atom. The number of amides is 1. The van der Waals surface area contributed by atoms with Gasteiger partial charge in [-0.3, -0.25) is 4.79 Å². The average molecular weight is 290 g/mol. The van der Waals surface area contributed by atoms with Gasteiger partial charge in [0.05, 0.1) is 24.2 Å². The van der Waals surface area contributed by atoms with Crippen molar-refractivity contribution in [3.63, 3.8) is 0 Å². The number of ether oxygens (including phenoxy) is 1. The molecule has 19 heavy (non-hydrogen) atoms. The van der Waals surface area contributed by atoms with Crippen LogP contribution in [0.4, 0.5) is 0 Å². The maximum absolute atomic E-state index is 12.5. The summed E-state index contributed by atoms with van der Waals surface area (Å²) in [6.07, 6.45) is 2.38. The molecule has 0 radical (unpaired) electrons. The zero-order chi connectivity index (χ0) is 13.9. The molecular weight excluding hydrogens is 268 g/mol. The second-order valence-corrected chi connectivity index (χ2v) is 7.46. The minimum atomic E-state index is -2.98. The lowest BCUT2D eigenvalue weighted by atomic mass is 10.1. The van der Waals surface area contributed by atoms with E-state index in [0.717, 1.165) is 19.4 Å². The molecule has 110 valence electrons. The lowest BCUT2D eigenvalue weighted by Gasteiger charge is -2.30. The van der Waals surface area contributed by atoms with Crippen LogP contribution in [0, 0.1) is 0 Å². The molecule has 1 amide bonds. The van der Waals surface area contributed by atoms with Crippen molar-refractivity contribution in [2.45, 2.75) is 31.3 Å². The topological polar surface area (TPSA) is 75.7 Å². The molecule has 0 spiro atoms. The van der Waals surface area contributed by atoms with Crippen molar-refractivity contribution in [3.05, 3.63) is 0 Å². The minimum Gasteiger partial charge on any atom is -0.383 e. The smallest absolute Gasteiger partial charge is 0.240 e. The number of hydrogen-bond donors (Lipinski definition) is 1. The van der Waals surface area contributed by atoms with Gasteiger partial charge in [0.1, 0.15) is 0 Å². The Labute approximate surface area is 114 Å². The summed E-state index contributed by atoms with van der Waals surface area (Å²) < 4.78 is 28.2. The SMILES string of the molecule is COCCN(C(=O)[C@@H]1CCCN1)C1CCS(=O)(=O)C1. The fourth-order valence-corrected chi connectivity index (χ4v) is 4.51. The van der Waals surface area contributed by atoms with E-state index < -0.39 is 9.84 Å². The monoisotopic (exact) mass is 290 g/mol. The van der Waals surface area contributed by atoms with Crippen molar-refractivity contribution in [2.24, 2.45) is 0 Å². The number of rotatable bonds is 5. The Kier molecular flexibility index (Phi) is 4.81. The van der Waals surface area contributed by atoms with Crippen molar-refractivity contribution in [3.8, 4) is 0 Å². The van der Waals surface area contributed by atoms with Gasteiger partial charge < -0.3 is 15.0 Å². The normalized spacial score (nSPS) is 29.5. The number of nitrogens with one attached hydrogen (secondary N) is 1. The van der Waals surface area contributed by atoms with Gasteiger partial charge in [-0.2, -0.15) is 0 Å². The van der Waals surface area contributed by atoms with Crippen molar-refractivity contribution in [2.75, 3.05) is 38.3 Å². The lowest BCUT2D eigenvalue weighted by Crippen LogP contribution is -2.50. The van der Waals surface area contributed by atoms with Crippen LogP contribution in [0.2, 0.25) is 0 Å². The van der Waals surface area contributed by atoms with Crippen LogP contribution in [0.5, 0.6) is 0 Å². The Balaban J connectivity index is 2.04. The third-order valence-corrected chi connectivity index (χ3v) is 5.58. The standard InChI is InChI=1S/C12H22N2O4S/c1-18-7-6-14(10-4-8-19(16,17)9-10)12(15)11-3-2-5-13-11/h10-11,13H,2-9H2,1H3/t10?,11-/m0/s1. The maximum Gasteiger partial charge on any atom is 0.240 e. The van der Waals surface area contributed by atoms with Gasteiger partial charge in [0.15, 0.2) is 9.84 Å². The second kappa shape index (κ2) is 6.19. The zero-order valence-corrected chi connectivity index (χ0v) is 12.1. The number of carbonyl (C=O) groups excluding carboxylic acids is 1. The largest absolute Gasteiger partial charge is 0.383 e. The van der Waals surface area contributed by atoms with Gasteiger partial charge in [0.25, 0.3) is 0 Å². The van der Waals surface area contributed by atoms with Crippen molar-refractivity contribution in [1.29, 1.82) is 0 Å².